The van der Waals surface area contributed by atoms with Crippen LogP contribution < -0.4 is 5.32 Å². The molecule has 1 saturated carbocycles. The third-order valence-electron chi connectivity index (χ3n) is 3.47. The zero-order chi connectivity index (χ0) is 13.1. The minimum atomic E-state index is 0.731. The zero-order valence-corrected chi connectivity index (χ0v) is 11.2. The smallest absolute Gasteiger partial charge is 0.227 e. The van der Waals surface area contributed by atoms with Crippen LogP contribution in [-0.4, -0.2) is 22.7 Å². The number of rotatable bonds is 6. The molecule has 1 N–H and O–H groups in total. The highest BCUT2D eigenvalue weighted by atomic mass is 16.5. The van der Waals surface area contributed by atoms with E-state index in [2.05, 4.69) is 34.5 Å². The Hall–Kier alpha value is -1.68. The van der Waals surface area contributed by atoms with Gasteiger partial charge in [-0.05, 0) is 30.9 Å². The lowest BCUT2D eigenvalue weighted by molar-refractivity contribution is 0.371. The molecule has 0 unspecified atom stereocenters. The van der Waals surface area contributed by atoms with Crippen LogP contribution in [0.2, 0.25) is 0 Å². The minimum absolute atomic E-state index is 0.731. The average Bonchev–Trinajstić information content (AvgIpc) is 3.12. The fourth-order valence-corrected chi connectivity index (χ4v) is 2.11. The molecule has 4 heteroatoms. The second kappa shape index (κ2) is 5.53. The Morgan fingerprint density at radius 2 is 2.16 bits per heavy atom. The van der Waals surface area contributed by atoms with Gasteiger partial charge >= 0.3 is 0 Å². The third-order valence-corrected chi connectivity index (χ3v) is 3.47. The van der Waals surface area contributed by atoms with Crippen molar-refractivity contribution >= 4 is 0 Å². The van der Waals surface area contributed by atoms with Crippen molar-refractivity contribution in [2.75, 3.05) is 6.54 Å². The van der Waals surface area contributed by atoms with Crippen LogP contribution in [0, 0.1) is 6.92 Å². The van der Waals surface area contributed by atoms with Crippen LogP contribution in [-0.2, 0) is 12.8 Å². The van der Waals surface area contributed by atoms with E-state index in [0.717, 1.165) is 37.1 Å². The van der Waals surface area contributed by atoms with Crippen molar-refractivity contribution in [1.29, 1.82) is 0 Å². The van der Waals surface area contributed by atoms with Crippen LogP contribution in [0.5, 0.6) is 0 Å². The first-order valence-corrected chi connectivity index (χ1v) is 6.90. The maximum atomic E-state index is 5.28. The van der Waals surface area contributed by atoms with E-state index in [1.165, 1.54) is 24.0 Å². The van der Waals surface area contributed by atoms with Crippen LogP contribution in [0.4, 0.5) is 0 Å². The fourth-order valence-electron chi connectivity index (χ4n) is 2.11. The number of benzene rings is 1. The number of hydrogen-bond donors (Lipinski definition) is 1. The first kappa shape index (κ1) is 12.4. The molecule has 2 aromatic rings. The second-order valence-electron chi connectivity index (χ2n) is 5.19. The van der Waals surface area contributed by atoms with Gasteiger partial charge in [0.2, 0.25) is 5.89 Å². The molecule has 0 aliphatic heterocycles. The number of aryl methyl sites for hydroxylation is 1. The van der Waals surface area contributed by atoms with Crippen molar-refractivity contribution in [1.82, 2.24) is 15.5 Å². The van der Waals surface area contributed by atoms with E-state index in [0.29, 0.717) is 0 Å². The molecule has 3 rings (SSSR count). The number of nitrogens with one attached hydrogen (secondary N) is 1. The molecule has 1 heterocycles. The van der Waals surface area contributed by atoms with Crippen LogP contribution in [0.15, 0.2) is 28.8 Å². The van der Waals surface area contributed by atoms with E-state index in [-0.39, 0.29) is 0 Å². The summed E-state index contributed by atoms with van der Waals surface area (Å²) in [7, 11) is 0. The van der Waals surface area contributed by atoms with E-state index in [9.17, 15) is 0 Å². The molecule has 0 bridgehead atoms. The largest absolute Gasteiger partial charge is 0.339 e. The molecule has 0 saturated heterocycles. The summed E-state index contributed by atoms with van der Waals surface area (Å²) in [6.07, 6.45) is 4.17. The summed E-state index contributed by atoms with van der Waals surface area (Å²) in [4.78, 5) is 4.45. The first-order valence-electron chi connectivity index (χ1n) is 6.90. The van der Waals surface area contributed by atoms with Crippen molar-refractivity contribution in [2.24, 2.45) is 0 Å². The molecular formula is C15H19N3O. The number of nitrogens with zero attached hydrogens (tertiary/aromatic N) is 2. The van der Waals surface area contributed by atoms with Crippen LogP contribution in [0.25, 0.3) is 0 Å². The van der Waals surface area contributed by atoms with E-state index < -0.39 is 0 Å². The normalized spacial score (nSPS) is 14.8. The molecule has 1 aromatic carbocycles. The topological polar surface area (TPSA) is 51.0 Å². The summed E-state index contributed by atoms with van der Waals surface area (Å²) in [6, 6.07) is 9.04. The molecule has 0 spiro atoms. The van der Waals surface area contributed by atoms with Gasteiger partial charge in [-0.25, -0.2) is 0 Å². The lowest BCUT2D eigenvalue weighted by Gasteiger charge is -2.00. The molecule has 0 amide bonds. The van der Waals surface area contributed by atoms with E-state index >= 15 is 0 Å². The highest BCUT2D eigenvalue weighted by Gasteiger charge is 2.20. The molecular weight excluding hydrogens is 238 g/mol. The predicted molar refractivity (Wildman–Crippen MR) is 73.0 cm³/mol. The summed E-state index contributed by atoms with van der Waals surface area (Å²) in [5, 5.41) is 7.50. The lowest BCUT2D eigenvalue weighted by Crippen LogP contribution is -2.19. The Morgan fingerprint density at radius 3 is 2.95 bits per heavy atom. The molecule has 4 nitrogen and oxygen atoms in total. The molecule has 0 atom stereocenters. The summed E-state index contributed by atoms with van der Waals surface area (Å²) in [5.74, 6) is 1.51. The Bertz CT molecular complexity index is 546. The van der Waals surface area contributed by atoms with Gasteiger partial charge < -0.3 is 9.84 Å². The SMILES string of the molecule is Cc1ccccc1Cc1noc(CCNC2CC2)n1. The van der Waals surface area contributed by atoms with Crippen molar-refractivity contribution in [3.63, 3.8) is 0 Å². The van der Waals surface area contributed by atoms with Gasteiger partial charge in [0.25, 0.3) is 0 Å². The Kier molecular flexibility index (Phi) is 3.60. The highest BCUT2D eigenvalue weighted by Crippen LogP contribution is 2.18. The van der Waals surface area contributed by atoms with E-state index in [4.69, 9.17) is 4.52 Å². The van der Waals surface area contributed by atoms with Gasteiger partial charge in [-0.1, -0.05) is 29.4 Å². The Labute approximate surface area is 113 Å². The van der Waals surface area contributed by atoms with Crippen molar-refractivity contribution in [2.45, 2.75) is 38.6 Å². The maximum absolute atomic E-state index is 5.28. The van der Waals surface area contributed by atoms with Crippen molar-refractivity contribution < 1.29 is 4.52 Å². The summed E-state index contributed by atoms with van der Waals surface area (Å²) >= 11 is 0. The second-order valence-corrected chi connectivity index (χ2v) is 5.19. The number of aromatic nitrogens is 2. The standard InChI is InChI=1S/C15H19N3O/c1-11-4-2-3-5-12(11)10-14-17-15(19-18-14)8-9-16-13-6-7-13/h2-5,13,16H,6-10H2,1H3. The van der Waals surface area contributed by atoms with Gasteiger partial charge in [0.15, 0.2) is 5.82 Å². The fraction of sp³-hybridized carbons (Fsp3) is 0.467. The minimum Gasteiger partial charge on any atom is -0.339 e. The van der Waals surface area contributed by atoms with Gasteiger partial charge in [0.05, 0.1) is 0 Å². The quantitative estimate of drug-likeness (QED) is 0.862. The molecule has 1 fully saturated rings. The zero-order valence-electron chi connectivity index (χ0n) is 11.2. The van der Waals surface area contributed by atoms with Gasteiger partial charge in [-0.2, -0.15) is 4.98 Å². The lowest BCUT2D eigenvalue weighted by atomic mass is 10.1. The first-order chi connectivity index (χ1) is 9.31. The van der Waals surface area contributed by atoms with Crippen LogP contribution in [0.3, 0.4) is 0 Å². The predicted octanol–water partition coefficient (Wildman–Crippen LogP) is 2.26. The van der Waals surface area contributed by atoms with Gasteiger partial charge in [-0.15, -0.1) is 0 Å². The van der Waals surface area contributed by atoms with Gasteiger partial charge in [0, 0.05) is 25.4 Å². The van der Waals surface area contributed by atoms with E-state index in [1.807, 2.05) is 12.1 Å². The summed E-state index contributed by atoms with van der Waals surface area (Å²) < 4.78 is 5.28. The number of hydrogen-bond acceptors (Lipinski definition) is 4. The van der Waals surface area contributed by atoms with E-state index in [1.54, 1.807) is 0 Å². The third kappa shape index (κ3) is 3.41. The van der Waals surface area contributed by atoms with Gasteiger partial charge in [0.1, 0.15) is 0 Å². The van der Waals surface area contributed by atoms with Crippen molar-refractivity contribution in [3.05, 3.63) is 47.1 Å². The molecule has 1 aromatic heterocycles. The molecule has 0 radical (unpaired) electrons. The van der Waals surface area contributed by atoms with Crippen LogP contribution >= 0.6 is 0 Å². The average molecular weight is 257 g/mol. The monoisotopic (exact) mass is 257 g/mol. The molecule has 100 valence electrons. The van der Waals surface area contributed by atoms with Crippen LogP contribution in [0.1, 0.15) is 35.7 Å². The van der Waals surface area contributed by atoms with Crippen molar-refractivity contribution in [3.8, 4) is 0 Å². The molecule has 19 heavy (non-hydrogen) atoms. The molecule has 1 aliphatic carbocycles. The molecule has 1 aliphatic rings. The summed E-state index contributed by atoms with van der Waals surface area (Å²) in [6.45, 7) is 3.03. The summed E-state index contributed by atoms with van der Waals surface area (Å²) in [5.41, 5.74) is 2.52. The Balaban J connectivity index is 1.56. The Morgan fingerprint density at radius 1 is 1.32 bits per heavy atom. The highest BCUT2D eigenvalue weighted by molar-refractivity contribution is 5.27. The maximum Gasteiger partial charge on any atom is 0.227 e. The van der Waals surface area contributed by atoms with Gasteiger partial charge in [-0.3, -0.25) is 0 Å².